The number of aryl methyl sites for hydroxylation is 2. The standard InChI is InChI=1S/C17H21NO2/c1-11-6-7-12(2)13(10-11)15-9-8-14(17(3,4)20)16(19)18(15)5/h6-10,20H,1-5H3. The summed E-state index contributed by atoms with van der Waals surface area (Å²) >= 11 is 0. The lowest BCUT2D eigenvalue weighted by atomic mass is 9.97. The van der Waals surface area contributed by atoms with Crippen LogP contribution in [0.1, 0.15) is 30.5 Å². The molecule has 1 heterocycles. The van der Waals surface area contributed by atoms with Gasteiger partial charge < -0.3 is 9.67 Å². The molecule has 0 saturated heterocycles. The number of hydrogen-bond acceptors (Lipinski definition) is 2. The maximum atomic E-state index is 12.4. The van der Waals surface area contributed by atoms with E-state index in [9.17, 15) is 9.90 Å². The van der Waals surface area contributed by atoms with E-state index < -0.39 is 5.60 Å². The van der Waals surface area contributed by atoms with E-state index in [1.807, 2.05) is 19.9 Å². The number of rotatable bonds is 2. The van der Waals surface area contributed by atoms with Gasteiger partial charge in [-0.1, -0.05) is 17.7 Å². The quantitative estimate of drug-likeness (QED) is 0.912. The zero-order valence-corrected chi connectivity index (χ0v) is 12.7. The second-order valence-electron chi connectivity index (χ2n) is 5.87. The molecule has 2 aromatic rings. The van der Waals surface area contributed by atoms with Gasteiger partial charge in [-0.25, -0.2) is 0 Å². The van der Waals surface area contributed by atoms with Gasteiger partial charge in [-0.2, -0.15) is 0 Å². The van der Waals surface area contributed by atoms with Gasteiger partial charge in [-0.3, -0.25) is 4.79 Å². The molecule has 0 atom stereocenters. The Hall–Kier alpha value is -1.87. The number of aromatic nitrogens is 1. The van der Waals surface area contributed by atoms with Crippen molar-refractivity contribution in [3.05, 3.63) is 57.4 Å². The summed E-state index contributed by atoms with van der Waals surface area (Å²) in [6.07, 6.45) is 0. The van der Waals surface area contributed by atoms with Crippen molar-refractivity contribution < 1.29 is 5.11 Å². The first kappa shape index (κ1) is 14.5. The van der Waals surface area contributed by atoms with Crippen LogP contribution in [0.25, 0.3) is 11.3 Å². The highest BCUT2D eigenvalue weighted by Crippen LogP contribution is 2.25. The van der Waals surface area contributed by atoms with E-state index in [0.717, 1.165) is 22.4 Å². The van der Waals surface area contributed by atoms with Gasteiger partial charge in [0, 0.05) is 18.2 Å². The van der Waals surface area contributed by atoms with E-state index in [0.29, 0.717) is 5.56 Å². The molecule has 0 bridgehead atoms. The van der Waals surface area contributed by atoms with Gasteiger partial charge in [-0.15, -0.1) is 0 Å². The number of hydrogen-bond donors (Lipinski definition) is 1. The molecule has 0 aliphatic rings. The third-order valence-corrected chi connectivity index (χ3v) is 3.63. The summed E-state index contributed by atoms with van der Waals surface area (Å²) in [5, 5.41) is 10.0. The summed E-state index contributed by atoms with van der Waals surface area (Å²) in [5.74, 6) is 0. The van der Waals surface area contributed by atoms with Crippen molar-refractivity contribution in [2.24, 2.45) is 7.05 Å². The van der Waals surface area contributed by atoms with Crippen molar-refractivity contribution in [1.82, 2.24) is 4.57 Å². The normalized spacial score (nSPS) is 11.7. The van der Waals surface area contributed by atoms with E-state index in [-0.39, 0.29) is 5.56 Å². The second kappa shape index (κ2) is 4.91. The maximum Gasteiger partial charge on any atom is 0.256 e. The lowest BCUT2D eigenvalue weighted by molar-refractivity contribution is 0.0766. The van der Waals surface area contributed by atoms with Crippen LogP contribution in [0.5, 0.6) is 0 Å². The van der Waals surface area contributed by atoms with Crippen molar-refractivity contribution in [1.29, 1.82) is 0 Å². The van der Waals surface area contributed by atoms with E-state index in [4.69, 9.17) is 0 Å². The largest absolute Gasteiger partial charge is 0.386 e. The number of pyridine rings is 1. The topological polar surface area (TPSA) is 42.2 Å². The molecule has 3 heteroatoms. The van der Waals surface area contributed by atoms with Crippen LogP contribution in [0.15, 0.2) is 35.1 Å². The van der Waals surface area contributed by atoms with Gasteiger partial charge in [0.1, 0.15) is 0 Å². The molecule has 0 unspecified atom stereocenters. The molecular formula is C17H21NO2. The highest BCUT2D eigenvalue weighted by atomic mass is 16.3. The van der Waals surface area contributed by atoms with Gasteiger partial charge in [0.15, 0.2) is 0 Å². The predicted molar refractivity (Wildman–Crippen MR) is 81.8 cm³/mol. The first-order valence-corrected chi connectivity index (χ1v) is 6.72. The van der Waals surface area contributed by atoms with E-state index in [1.165, 1.54) is 0 Å². The van der Waals surface area contributed by atoms with E-state index >= 15 is 0 Å². The summed E-state index contributed by atoms with van der Waals surface area (Å²) in [6.45, 7) is 7.32. The molecule has 1 aromatic heterocycles. The average Bonchev–Trinajstić information content (AvgIpc) is 2.34. The van der Waals surface area contributed by atoms with Crippen LogP contribution in [0.3, 0.4) is 0 Å². The molecular weight excluding hydrogens is 250 g/mol. The Labute approximate surface area is 119 Å². The summed E-state index contributed by atoms with van der Waals surface area (Å²) in [5.41, 5.74) is 3.32. The Morgan fingerprint density at radius 2 is 1.75 bits per heavy atom. The van der Waals surface area contributed by atoms with Gasteiger partial charge in [-0.05, 0) is 51.5 Å². The molecule has 1 aromatic carbocycles. The lowest BCUT2D eigenvalue weighted by Gasteiger charge is -2.20. The van der Waals surface area contributed by atoms with Crippen molar-refractivity contribution in [2.75, 3.05) is 0 Å². The molecule has 106 valence electrons. The maximum absolute atomic E-state index is 12.4. The number of aliphatic hydroxyl groups is 1. The molecule has 20 heavy (non-hydrogen) atoms. The Balaban J connectivity index is 2.70. The van der Waals surface area contributed by atoms with E-state index in [1.54, 1.807) is 31.5 Å². The summed E-state index contributed by atoms with van der Waals surface area (Å²) in [6, 6.07) is 9.81. The van der Waals surface area contributed by atoms with Crippen molar-refractivity contribution in [3.8, 4) is 11.3 Å². The van der Waals surface area contributed by atoms with Gasteiger partial charge in [0.05, 0.1) is 11.3 Å². The predicted octanol–water partition coefficient (Wildman–Crippen LogP) is 2.90. The van der Waals surface area contributed by atoms with Gasteiger partial charge in [0.25, 0.3) is 5.56 Å². The minimum absolute atomic E-state index is 0.157. The highest BCUT2D eigenvalue weighted by molar-refractivity contribution is 5.65. The number of nitrogens with zero attached hydrogens (tertiary/aromatic N) is 1. The third kappa shape index (κ3) is 2.54. The van der Waals surface area contributed by atoms with Crippen LogP contribution in [0.4, 0.5) is 0 Å². The zero-order valence-electron chi connectivity index (χ0n) is 12.7. The fraction of sp³-hybridized carbons (Fsp3) is 0.353. The second-order valence-corrected chi connectivity index (χ2v) is 5.87. The molecule has 0 amide bonds. The Morgan fingerprint density at radius 1 is 1.10 bits per heavy atom. The van der Waals surface area contributed by atoms with Crippen LogP contribution in [-0.4, -0.2) is 9.67 Å². The van der Waals surface area contributed by atoms with Crippen LogP contribution >= 0.6 is 0 Å². The van der Waals surface area contributed by atoms with Crippen molar-refractivity contribution in [3.63, 3.8) is 0 Å². The third-order valence-electron chi connectivity index (χ3n) is 3.63. The summed E-state index contributed by atoms with van der Waals surface area (Å²) in [7, 11) is 1.74. The average molecular weight is 271 g/mol. The fourth-order valence-corrected chi connectivity index (χ4v) is 2.38. The molecule has 0 radical (unpaired) electrons. The molecule has 3 nitrogen and oxygen atoms in total. The molecule has 1 N–H and O–H groups in total. The minimum Gasteiger partial charge on any atom is -0.386 e. The number of benzene rings is 1. The smallest absolute Gasteiger partial charge is 0.256 e. The van der Waals surface area contributed by atoms with Crippen molar-refractivity contribution >= 4 is 0 Å². The fourth-order valence-electron chi connectivity index (χ4n) is 2.38. The first-order valence-electron chi connectivity index (χ1n) is 6.72. The molecule has 2 rings (SSSR count). The van der Waals surface area contributed by atoms with Crippen LogP contribution < -0.4 is 5.56 Å². The minimum atomic E-state index is -1.13. The molecule has 0 spiro atoms. The van der Waals surface area contributed by atoms with Gasteiger partial charge >= 0.3 is 0 Å². The van der Waals surface area contributed by atoms with Crippen LogP contribution in [0, 0.1) is 13.8 Å². The van der Waals surface area contributed by atoms with E-state index in [2.05, 4.69) is 18.2 Å². The Kier molecular flexibility index (Phi) is 3.57. The summed E-state index contributed by atoms with van der Waals surface area (Å²) < 4.78 is 1.61. The molecule has 0 fully saturated rings. The van der Waals surface area contributed by atoms with Crippen LogP contribution in [-0.2, 0) is 12.6 Å². The Morgan fingerprint density at radius 3 is 2.35 bits per heavy atom. The monoisotopic (exact) mass is 271 g/mol. The summed E-state index contributed by atoms with van der Waals surface area (Å²) in [4.78, 5) is 12.4. The zero-order chi connectivity index (χ0) is 15.1. The molecule has 0 aliphatic heterocycles. The Bertz CT molecular complexity index is 706. The SMILES string of the molecule is Cc1ccc(C)c(-c2ccc(C(C)(C)O)c(=O)n2C)c1. The lowest BCUT2D eigenvalue weighted by Crippen LogP contribution is -2.31. The highest BCUT2D eigenvalue weighted by Gasteiger charge is 2.21. The van der Waals surface area contributed by atoms with Crippen LogP contribution in [0.2, 0.25) is 0 Å². The molecule has 0 saturated carbocycles. The van der Waals surface area contributed by atoms with Crippen molar-refractivity contribution in [2.45, 2.75) is 33.3 Å². The van der Waals surface area contributed by atoms with Gasteiger partial charge in [0.2, 0.25) is 0 Å². The molecule has 0 aliphatic carbocycles. The first-order chi connectivity index (χ1) is 9.21.